The fourth-order valence-electron chi connectivity index (χ4n) is 4.19. The highest BCUT2D eigenvalue weighted by Gasteiger charge is 2.30. The summed E-state index contributed by atoms with van der Waals surface area (Å²) >= 11 is 6.13. The first-order chi connectivity index (χ1) is 14.3. The summed E-state index contributed by atoms with van der Waals surface area (Å²) in [5, 5.41) is 3.41. The van der Waals surface area contributed by atoms with E-state index in [0.717, 1.165) is 27.4 Å². The maximum Gasteiger partial charge on any atom is 0.313 e. The Morgan fingerprint density at radius 2 is 1.83 bits per heavy atom. The molecule has 2 aromatic carbocycles. The maximum absolute atomic E-state index is 12.7. The number of carbonyl (C=O) groups is 3. The fourth-order valence-corrected chi connectivity index (χ4v) is 4.31. The molecule has 2 amide bonds. The molecular weight excluding hydrogens is 402 g/mol. The number of amides is 2. The van der Waals surface area contributed by atoms with Gasteiger partial charge in [-0.3, -0.25) is 14.4 Å². The van der Waals surface area contributed by atoms with Crippen LogP contribution in [0.1, 0.15) is 23.6 Å². The molecule has 0 radical (unpaired) electrons. The number of rotatable bonds is 2. The average Bonchev–Trinajstić information content (AvgIpc) is 3.08. The summed E-state index contributed by atoms with van der Waals surface area (Å²) in [6, 6.07) is 11.3. The molecule has 1 aliphatic carbocycles. The molecule has 0 unspecified atom stereocenters. The van der Waals surface area contributed by atoms with Crippen LogP contribution in [0.2, 0.25) is 5.02 Å². The fraction of sp³-hybridized carbons (Fsp3) is 0.348. The lowest BCUT2D eigenvalue weighted by atomic mass is 10.1. The summed E-state index contributed by atoms with van der Waals surface area (Å²) < 4.78 is 0. The van der Waals surface area contributed by atoms with E-state index in [1.807, 2.05) is 38.1 Å². The number of aryl methyl sites for hydroxylation is 1. The largest absolute Gasteiger partial charge is 0.365 e. The highest BCUT2D eigenvalue weighted by Crippen LogP contribution is 2.26. The summed E-state index contributed by atoms with van der Waals surface area (Å²) in [4.78, 5) is 40.6. The first-order valence-electron chi connectivity index (χ1n) is 10.1. The average molecular weight is 426 g/mol. The lowest BCUT2D eigenvalue weighted by Gasteiger charge is -2.41. The number of hydrogen-bond acceptors (Lipinski definition) is 4. The number of nitrogens with one attached hydrogen (secondary N) is 1. The third-order valence-electron chi connectivity index (χ3n) is 5.82. The van der Waals surface area contributed by atoms with Crippen LogP contribution in [0.4, 0.5) is 11.4 Å². The molecule has 1 fully saturated rings. The molecule has 6 nitrogen and oxygen atoms in total. The minimum atomic E-state index is -0.651. The Labute approximate surface area is 180 Å². The second-order valence-corrected chi connectivity index (χ2v) is 8.46. The standard InChI is InChI=1S/C23H24ClN3O3/c1-14-9-19(5-6-21(14)24)27-8-7-26(13-15(27)2)23(30)22(29)25-18-4-3-16-11-20(28)12-17(16)10-18/h3-6,9-10,15H,7-8,11-13H2,1-2H3,(H,25,29)/t15-/m1/s1. The topological polar surface area (TPSA) is 69.7 Å². The first kappa shape index (κ1) is 20.4. The second-order valence-electron chi connectivity index (χ2n) is 8.06. The van der Waals surface area contributed by atoms with Crippen molar-refractivity contribution in [1.29, 1.82) is 0 Å². The van der Waals surface area contributed by atoms with Gasteiger partial charge in [0, 0.05) is 54.9 Å². The van der Waals surface area contributed by atoms with Gasteiger partial charge in [-0.15, -0.1) is 0 Å². The smallest absolute Gasteiger partial charge is 0.313 e. The molecular formula is C23H24ClN3O3. The molecule has 30 heavy (non-hydrogen) atoms. The molecule has 1 N–H and O–H groups in total. The van der Waals surface area contributed by atoms with E-state index in [1.165, 1.54) is 0 Å². The molecule has 0 saturated carbocycles. The number of anilines is 2. The number of ketones is 1. The van der Waals surface area contributed by atoms with Gasteiger partial charge in [0.15, 0.2) is 0 Å². The van der Waals surface area contributed by atoms with Gasteiger partial charge < -0.3 is 15.1 Å². The lowest BCUT2D eigenvalue weighted by molar-refractivity contribution is -0.143. The number of nitrogens with zero attached hydrogens (tertiary/aromatic N) is 2. The van der Waals surface area contributed by atoms with Gasteiger partial charge in [-0.2, -0.15) is 0 Å². The van der Waals surface area contributed by atoms with E-state index in [1.54, 1.807) is 17.0 Å². The van der Waals surface area contributed by atoms with Crippen LogP contribution in [0, 0.1) is 6.92 Å². The minimum Gasteiger partial charge on any atom is -0.365 e. The second kappa shape index (κ2) is 8.11. The summed E-state index contributed by atoms with van der Waals surface area (Å²) in [5.74, 6) is -1.01. The van der Waals surface area contributed by atoms with Gasteiger partial charge in [-0.05, 0) is 60.9 Å². The van der Waals surface area contributed by atoms with E-state index in [4.69, 9.17) is 11.6 Å². The van der Waals surface area contributed by atoms with E-state index in [9.17, 15) is 14.4 Å². The SMILES string of the molecule is Cc1cc(N2CCN(C(=O)C(=O)Nc3ccc4c(c3)CC(=O)C4)C[C@H]2C)ccc1Cl. The van der Waals surface area contributed by atoms with Crippen molar-refractivity contribution in [2.24, 2.45) is 0 Å². The van der Waals surface area contributed by atoms with Crippen LogP contribution in [0.25, 0.3) is 0 Å². The van der Waals surface area contributed by atoms with Gasteiger partial charge in [0.25, 0.3) is 0 Å². The molecule has 0 bridgehead atoms. The van der Waals surface area contributed by atoms with Crippen LogP contribution >= 0.6 is 11.6 Å². The van der Waals surface area contributed by atoms with Crippen molar-refractivity contribution in [3.05, 3.63) is 58.1 Å². The Kier molecular flexibility index (Phi) is 5.52. The van der Waals surface area contributed by atoms with Crippen LogP contribution < -0.4 is 10.2 Å². The van der Waals surface area contributed by atoms with E-state index >= 15 is 0 Å². The number of fused-ring (bicyclic) bond motifs is 1. The molecule has 1 heterocycles. The molecule has 1 atom stereocenters. The van der Waals surface area contributed by atoms with E-state index in [0.29, 0.717) is 38.2 Å². The first-order valence-corrected chi connectivity index (χ1v) is 10.5. The van der Waals surface area contributed by atoms with Gasteiger partial charge >= 0.3 is 11.8 Å². The van der Waals surface area contributed by atoms with Crippen molar-refractivity contribution in [1.82, 2.24) is 4.90 Å². The zero-order valence-electron chi connectivity index (χ0n) is 17.1. The number of piperazine rings is 1. The van der Waals surface area contributed by atoms with Crippen molar-refractivity contribution >= 4 is 40.6 Å². The summed E-state index contributed by atoms with van der Waals surface area (Å²) in [6.45, 7) is 5.58. The predicted molar refractivity (Wildman–Crippen MR) is 117 cm³/mol. The Morgan fingerprint density at radius 1 is 1.07 bits per heavy atom. The van der Waals surface area contributed by atoms with E-state index in [-0.39, 0.29) is 11.8 Å². The van der Waals surface area contributed by atoms with Gasteiger partial charge in [0.1, 0.15) is 5.78 Å². The van der Waals surface area contributed by atoms with Gasteiger partial charge in [0.05, 0.1) is 0 Å². The Bertz CT molecular complexity index is 1040. The molecule has 2 aliphatic rings. The molecule has 1 saturated heterocycles. The minimum absolute atomic E-state index is 0.0714. The Morgan fingerprint density at radius 3 is 2.57 bits per heavy atom. The highest BCUT2D eigenvalue weighted by atomic mass is 35.5. The van der Waals surface area contributed by atoms with Crippen LogP contribution in [0.3, 0.4) is 0 Å². The van der Waals surface area contributed by atoms with E-state index < -0.39 is 11.8 Å². The molecule has 0 aromatic heterocycles. The summed E-state index contributed by atoms with van der Waals surface area (Å²) in [6.07, 6.45) is 0.828. The van der Waals surface area contributed by atoms with Crippen molar-refractivity contribution in [2.75, 3.05) is 29.9 Å². The number of hydrogen-bond donors (Lipinski definition) is 1. The zero-order chi connectivity index (χ0) is 21.4. The third kappa shape index (κ3) is 4.05. The molecule has 4 rings (SSSR count). The van der Waals surface area contributed by atoms with Crippen LogP contribution in [-0.4, -0.2) is 48.2 Å². The molecule has 0 spiro atoms. The maximum atomic E-state index is 12.7. The highest BCUT2D eigenvalue weighted by molar-refractivity contribution is 6.39. The zero-order valence-corrected chi connectivity index (χ0v) is 17.8. The Balaban J connectivity index is 1.38. The van der Waals surface area contributed by atoms with E-state index in [2.05, 4.69) is 10.2 Å². The summed E-state index contributed by atoms with van der Waals surface area (Å²) in [5.41, 5.74) is 4.53. The quantitative estimate of drug-likeness (QED) is 0.751. The van der Waals surface area contributed by atoms with Crippen molar-refractivity contribution in [3.63, 3.8) is 0 Å². The van der Waals surface area contributed by atoms with Crippen LogP contribution in [0.5, 0.6) is 0 Å². The van der Waals surface area contributed by atoms with Crippen LogP contribution in [0.15, 0.2) is 36.4 Å². The lowest BCUT2D eigenvalue weighted by Crippen LogP contribution is -2.55. The van der Waals surface area contributed by atoms with Gasteiger partial charge in [-0.1, -0.05) is 17.7 Å². The van der Waals surface area contributed by atoms with Gasteiger partial charge in [-0.25, -0.2) is 0 Å². The number of carbonyl (C=O) groups excluding carboxylic acids is 3. The molecule has 2 aromatic rings. The van der Waals surface area contributed by atoms with Crippen molar-refractivity contribution in [2.45, 2.75) is 32.7 Å². The van der Waals surface area contributed by atoms with Crippen molar-refractivity contribution in [3.8, 4) is 0 Å². The number of benzene rings is 2. The number of Topliss-reactive ketones (excluding diaryl/α,β-unsaturated/α-hetero) is 1. The Hall–Kier alpha value is -2.86. The van der Waals surface area contributed by atoms with Crippen molar-refractivity contribution < 1.29 is 14.4 Å². The molecule has 1 aliphatic heterocycles. The van der Waals surface area contributed by atoms with Crippen LogP contribution in [-0.2, 0) is 27.2 Å². The predicted octanol–water partition coefficient (Wildman–Crippen LogP) is 2.99. The van der Waals surface area contributed by atoms with Gasteiger partial charge in [0.2, 0.25) is 0 Å². The summed E-state index contributed by atoms with van der Waals surface area (Å²) in [7, 11) is 0. The monoisotopic (exact) mass is 425 g/mol. The number of halogens is 1. The molecule has 156 valence electrons. The molecule has 7 heteroatoms. The third-order valence-corrected chi connectivity index (χ3v) is 6.25. The normalized spacial score (nSPS) is 18.4.